The van der Waals surface area contributed by atoms with Gasteiger partial charge in [0.2, 0.25) is 0 Å². The van der Waals surface area contributed by atoms with E-state index < -0.39 is 0 Å². The molecule has 152 valence electrons. The molecule has 0 aliphatic heterocycles. The number of pyridine rings is 1. The van der Waals surface area contributed by atoms with Crippen LogP contribution in [0.3, 0.4) is 0 Å². The molecule has 6 nitrogen and oxygen atoms in total. The maximum Gasteiger partial charge on any atom is 0.259 e. The quantitative estimate of drug-likeness (QED) is 0.509. The van der Waals surface area contributed by atoms with Gasteiger partial charge < -0.3 is 9.88 Å². The molecular weight excluding hydrogens is 416 g/mol. The first-order valence-corrected chi connectivity index (χ1v) is 11.6. The standard InChI is InChI=1S/C22H20N4O2S2/c27-20-19-16-7-1-2-8-17(16)30-21(19)25-18(24-20)13-26(12-15-6-4-10-29-15)22(28)14-5-3-9-23-11-14/h3-6,9-11H,1-2,7-8,12-13H2,(H,24,25,27). The van der Waals surface area contributed by atoms with Crippen molar-refractivity contribution in [2.24, 2.45) is 0 Å². The number of rotatable bonds is 5. The molecule has 0 aromatic carbocycles. The molecule has 0 atom stereocenters. The van der Waals surface area contributed by atoms with Crippen LogP contribution in [0.2, 0.25) is 0 Å². The fraction of sp³-hybridized carbons (Fsp3) is 0.273. The van der Waals surface area contributed by atoms with E-state index in [9.17, 15) is 9.59 Å². The average Bonchev–Trinajstić information content (AvgIpc) is 3.40. The van der Waals surface area contributed by atoms with Crippen molar-refractivity contribution >= 4 is 38.8 Å². The number of nitrogens with one attached hydrogen (secondary N) is 1. The van der Waals surface area contributed by atoms with E-state index in [1.165, 1.54) is 16.9 Å². The molecule has 5 rings (SSSR count). The molecule has 0 saturated carbocycles. The molecule has 1 amide bonds. The zero-order chi connectivity index (χ0) is 20.5. The molecule has 1 aliphatic rings. The fourth-order valence-corrected chi connectivity index (χ4v) is 5.93. The molecular formula is C22H20N4O2S2. The molecule has 30 heavy (non-hydrogen) atoms. The summed E-state index contributed by atoms with van der Waals surface area (Å²) in [4.78, 5) is 42.6. The van der Waals surface area contributed by atoms with Gasteiger partial charge in [0.25, 0.3) is 11.5 Å². The summed E-state index contributed by atoms with van der Waals surface area (Å²) >= 11 is 3.22. The van der Waals surface area contributed by atoms with Crippen molar-refractivity contribution in [2.45, 2.75) is 38.8 Å². The highest BCUT2D eigenvalue weighted by molar-refractivity contribution is 7.18. The molecule has 0 spiro atoms. The smallest absolute Gasteiger partial charge is 0.259 e. The first-order chi connectivity index (χ1) is 14.7. The number of thiophene rings is 2. The van der Waals surface area contributed by atoms with Gasteiger partial charge in [-0.25, -0.2) is 4.98 Å². The summed E-state index contributed by atoms with van der Waals surface area (Å²) in [5.74, 6) is 0.379. The first-order valence-electron chi connectivity index (χ1n) is 9.94. The Balaban J connectivity index is 1.50. The van der Waals surface area contributed by atoms with Crippen LogP contribution in [0, 0.1) is 0 Å². The number of aromatic nitrogens is 3. The highest BCUT2D eigenvalue weighted by atomic mass is 32.1. The van der Waals surface area contributed by atoms with Crippen LogP contribution in [0.4, 0.5) is 0 Å². The summed E-state index contributed by atoms with van der Waals surface area (Å²) in [6.07, 6.45) is 7.47. The lowest BCUT2D eigenvalue weighted by Gasteiger charge is -2.21. The zero-order valence-electron chi connectivity index (χ0n) is 16.3. The molecule has 4 aromatic rings. The first kappa shape index (κ1) is 19.1. The summed E-state index contributed by atoms with van der Waals surface area (Å²) in [5, 5.41) is 2.73. The van der Waals surface area contributed by atoms with E-state index in [0.717, 1.165) is 34.4 Å². The Labute approximate surface area is 181 Å². The van der Waals surface area contributed by atoms with E-state index in [4.69, 9.17) is 4.98 Å². The van der Waals surface area contributed by atoms with Gasteiger partial charge in [0, 0.05) is 22.1 Å². The van der Waals surface area contributed by atoms with Crippen molar-refractivity contribution in [3.63, 3.8) is 0 Å². The number of hydrogen-bond acceptors (Lipinski definition) is 6. The van der Waals surface area contributed by atoms with Crippen molar-refractivity contribution in [1.29, 1.82) is 0 Å². The van der Waals surface area contributed by atoms with Gasteiger partial charge in [0.1, 0.15) is 10.7 Å². The Morgan fingerprint density at radius 2 is 2.07 bits per heavy atom. The predicted octanol–water partition coefficient (Wildman–Crippen LogP) is 4.16. The third-order valence-electron chi connectivity index (χ3n) is 5.34. The monoisotopic (exact) mass is 436 g/mol. The van der Waals surface area contributed by atoms with Crippen LogP contribution < -0.4 is 5.56 Å². The van der Waals surface area contributed by atoms with Crippen LogP contribution >= 0.6 is 22.7 Å². The van der Waals surface area contributed by atoms with Gasteiger partial charge in [-0.05, 0) is 54.8 Å². The van der Waals surface area contributed by atoms with Gasteiger partial charge in [-0.15, -0.1) is 22.7 Å². The second kappa shape index (κ2) is 8.12. The summed E-state index contributed by atoms with van der Waals surface area (Å²) < 4.78 is 0. The maximum absolute atomic E-state index is 13.2. The Bertz CT molecular complexity index is 1250. The molecule has 1 N–H and O–H groups in total. The van der Waals surface area contributed by atoms with Gasteiger partial charge in [-0.1, -0.05) is 6.07 Å². The molecule has 1 aliphatic carbocycles. The van der Waals surface area contributed by atoms with Crippen LogP contribution in [-0.4, -0.2) is 25.8 Å². The number of aryl methyl sites for hydroxylation is 2. The summed E-state index contributed by atoms with van der Waals surface area (Å²) in [5.41, 5.74) is 1.59. The van der Waals surface area contributed by atoms with E-state index in [1.807, 2.05) is 17.5 Å². The number of aromatic amines is 1. The van der Waals surface area contributed by atoms with E-state index in [1.54, 1.807) is 52.1 Å². The van der Waals surface area contributed by atoms with Crippen LogP contribution in [0.25, 0.3) is 10.2 Å². The van der Waals surface area contributed by atoms with Crippen molar-refractivity contribution in [2.75, 3.05) is 0 Å². The van der Waals surface area contributed by atoms with Crippen molar-refractivity contribution in [3.05, 3.63) is 79.1 Å². The molecule has 4 aromatic heterocycles. The van der Waals surface area contributed by atoms with Crippen molar-refractivity contribution < 1.29 is 4.79 Å². The average molecular weight is 437 g/mol. The zero-order valence-corrected chi connectivity index (χ0v) is 17.9. The second-order valence-corrected chi connectivity index (χ2v) is 9.50. The third kappa shape index (κ3) is 3.68. The summed E-state index contributed by atoms with van der Waals surface area (Å²) in [7, 11) is 0. The SMILES string of the molecule is O=C(c1cccnc1)N(Cc1nc2sc3c(c2c(=O)[nH]1)CCCC3)Cc1cccs1. The topological polar surface area (TPSA) is 79.0 Å². The number of amides is 1. The minimum absolute atomic E-state index is 0.0979. The van der Waals surface area contributed by atoms with Crippen LogP contribution in [0.1, 0.15) is 44.3 Å². The van der Waals surface area contributed by atoms with Gasteiger partial charge in [0.05, 0.1) is 24.0 Å². The lowest BCUT2D eigenvalue weighted by atomic mass is 9.97. The fourth-order valence-electron chi connectivity index (χ4n) is 3.93. The summed E-state index contributed by atoms with van der Waals surface area (Å²) in [6, 6.07) is 7.47. The Hall–Kier alpha value is -2.84. The number of nitrogens with zero attached hydrogens (tertiary/aromatic N) is 3. The Kier molecular flexibility index (Phi) is 5.18. The normalized spacial score (nSPS) is 13.3. The van der Waals surface area contributed by atoms with E-state index >= 15 is 0 Å². The highest BCUT2D eigenvalue weighted by Crippen LogP contribution is 2.33. The Morgan fingerprint density at radius 3 is 2.87 bits per heavy atom. The van der Waals surface area contributed by atoms with Crippen molar-refractivity contribution in [1.82, 2.24) is 19.9 Å². The van der Waals surface area contributed by atoms with Crippen molar-refractivity contribution in [3.8, 4) is 0 Å². The maximum atomic E-state index is 13.2. The lowest BCUT2D eigenvalue weighted by Crippen LogP contribution is -2.31. The van der Waals surface area contributed by atoms with E-state index in [-0.39, 0.29) is 18.0 Å². The highest BCUT2D eigenvalue weighted by Gasteiger charge is 2.22. The molecule has 0 radical (unpaired) electrons. The molecule has 0 unspecified atom stereocenters. The van der Waals surface area contributed by atoms with Gasteiger partial charge in [-0.2, -0.15) is 0 Å². The molecule has 0 saturated heterocycles. The third-order valence-corrected chi connectivity index (χ3v) is 7.38. The molecule has 0 fully saturated rings. The van der Waals surface area contributed by atoms with Gasteiger partial charge in [0.15, 0.2) is 0 Å². The predicted molar refractivity (Wildman–Crippen MR) is 119 cm³/mol. The largest absolute Gasteiger partial charge is 0.326 e. The Morgan fingerprint density at radius 1 is 1.17 bits per heavy atom. The van der Waals surface area contributed by atoms with Gasteiger partial charge >= 0.3 is 0 Å². The number of H-pyrrole nitrogens is 1. The number of hydrogen-bond donors (Lipinski definition) is 1. The summed E-state index contributed by atoms with van der Waals surface area (Å²) in [6.45, 7) is 0.688. The molecule has 0 bridgehead atoms. The minimum Gasteiger partial charge on any atom is -0.326 e. The van der Waals surface area contributed by atoms with Crippen LogP contribution in [-0.2, 0) is 25.9 Å². The second-order valence-electron chi connectivity index (χ2n) is 7.39. The minimum atomic E-state index is -0.135. The number of carbonyl (C=O) groups is 1. The lowest BCUT2D eigenvalue weighted by molar-refractivity contribution is 0.0727. The molecule has 8 heteroatoms. The number of carbonyl (C=O) groups excluding carboxylic acids is 1. The van der Waals surface area contributed by atoms with Crippen LogP contribution in [0.5, 0.6) is 0 Å². The molecule has 4 heterocycles. The van der Waals surface area contributed by atoms with E-state index in [0.29, 0.717) is 17.9 Å². The number of fused-ring (bicyclic) bond motifs is 3. The van der Waals surface area contributed by atoms with E-state index in [2.05, 4.69) is 9.97 Å². The van der Waals surface area contributed by atoms with Gasteiger partial charge in [-0.3, -0.25) is 14.6 Å². The van der Waals surface area contributed by atoms with Crippen LogP contribution in [0.15, 0.2) is 46.8 Å².